The third-order valence-electron chi connectivity index (χ3n) is 3.44. The number of halogens is 1. The molecule has 1 fully saturated rings. The summed E-state index contributed by atoms with van der Waals surface area (Å²) in [7, 11) is 1.59. The maximum absolute atomic E-state index is 11.7. The number of benzene rings is 2. The molecular formula is C18H14INO3S2. The van der Waals surface area contributed by atoms with Crippen molar-refractivity contribution in [2.75, 3.05) is 7.11 Å². The molecule has 0 saturated carbocycles. The van der Waals surface area contributed by atoms with Gasteiger partial charge >= 0.3 is 0 Å². The number of hydrogen-bond acceptors (Lipinski definition) is 5. The first kappa shape index (κ1) is 18.2. The lowest BCUT2D eigenvalue weighted by molar-refractivity contribution is -0.115. The number of thiocarbonyl (C=S) groups is 1. The first-order valence-electron chi connectivity index (χ1n) is 7.35. The molecule has 0 bridgehead atoms. The van der Waals surface area contributed by atoms with Crippen molar-refractivity contribution in [2.24, 2.45) is 0 Å². The van der Waals surface area contributed by atoms with E-state index in [1.807, 2.05) is 42.5 Å². The molecule has 25 heavy (non-hydrogen) atoms. The third kappa shape index (κ3) is 4.74. The number of thioether (sulfide) groups is 1. The summed E-state index contributed by atoms with van der Waals surface area (Å²) >= 11 is 8.52. The molecular weight excluding hydrogens is 469 g/mol. The molecule has 0 atom stereocenters. The van der Waals surface area contributed by atoms with E-state index in [4.69, 9.17) is 21.7 Å². The molecule has 1 heterocycles. The minimum atomic E-state index is -0.173. The van der Waals surface area contributed by atoms with Crippen LogP contribution in [0.25, 0.3) is 6.08 Å². The maximum atomic E-state index is 11.7. The Morgan fingerprint density at radius 3 is 2.60 bits per heavy atom. The van der Waals surface area contributed by atoms with E-state index in [9.17, 15) is 4.79 Å². The predicted octanol–water partition coefficient (Wildman–Crippen LogP) is 4.37. The molecule has 1 N–H and O–H groups in total. The van der Waals surface area contributed by atoms with Crippen LogP contribution in [-0.2, 0) is 11.4 Å². The van der Waals surface area contributed by atoms with Crippen LogP contribution in [0.2, 0.25) is 0 Å². The van der Waals surface area contributed by atoms with E-state index in [2.05, 4.69) is 27.9 Å². The van der Waals surface area contributed by atoms with Crippen LogP contribution in [0, 0.1) is 3.57 Å². The molecule has 2 aromatic carbocycles. The van der Waals surface area contributed by atoms with Crippen molar-refractivity contribution in [3.05, 3.63) is 62.1 Å². The zero-order valence-corrected chi connectivity index (χ0v) is 17.0. The molecule has 1 amide bonds. The van der Waals surface area contributed by atoms with Crippen LogP contribution < -0.4 is 14.8 Å². The highest BCUT2D eigenvalue weighted by Gasteiger charge is 2.22. The Morgan fingerprint density at radius 2 is 1.96 bits per heavy atom. The van der Waals surface area contributed by atoms with Gasteiger partial charge in [-0.1, -0.05) is 42.2 Å². The highest BCUT2D eigenvalue weighted by Crippen LogP contribution is 2.32. The molecule has 1 aliphatic rings. The monoisotopic (exact) mass is 483 g/mol. The maximum Gasteiger partial charge on any atom is 0.263 e. The topological polar surface area (TPSA) is 47.6 Å². The number of carbonyl (C=O) groups is 1. The summed E-state index contributed by atoms with van der Waals surface area (Å²) in [6.45, 7) is 0.459. The van der Waals surface area contributed by atoms with Gasteiger partial charge in [-0.2, -0.15) is 0 Å². The Hall–Kier alpha value is -1.58. The summed E-state index contributed by atoms with van der Waals surface area (Å²) < 4.78 is 12.9. The molecule has 4 nitrogen and oxygen atoms in total. The van der Waals surface area contributed by atoms with E-state index in [0.717, 1.165) is 11.1 Å². The Morgan fingerprint density at radius 1 is 1.20 bits per heavy atom. The lowest BCUT2D eigenvalue weighted by Gasteiger charge is -2.11. The van der Waals surface area contributed by atoms with Gasteiger partial charge in [-0.15, -0.1) is 0 Å². The van der Waals surface area contributed by atoms with Crippen LogP contribution in [-0.4, -0.2) is 17.3 Å². The summed E-state index contributed by atoms with van der Waals surface area (Å²) in [5, 5.41) is 2.60. The summed E-state index contributed by atoms with van der Waals surface area (Å²) in [5.41, 5.74) is 1.93. The quantitative estimate of drug-likeness (QED) is 0.389. The number of methoxy groups -OCH3 is 1. The van der Waals surface area contributed by atoms with Gasteiger partial charge in [0.1, 0.15) is 10.9 Å². The van der Waals surface area contributed by atoms with Gasteiger partial charge in [0.05, 0.1) is 12.0 Å². The molecule has 1 saturated heterocycles. The minimum Gasteiger partial charge on any atom is -0.493 e. The number of carbonyl (C=O) groups excluding carboxylic acids is 1. The van der Waals surface area contributed by atoms with Crippen molar-refractivity contribution in [3.63, 3.8) is 0 Å². The molecule has 0 radical (unpaired) electrons. The second-order valence-corrected chi connectivity index (χ2v) is 8.14. The molecule has 0 aromatic heterocycles. The van der Waals surface area contributed by atoms with Gasteiger partial charge < -0.3 is 14.8 Å². The van der Waals surface area contributed by atoms with Gasteiger partial charge in [0.25, 0.3) is 5.91 Å². The SMILES string of the molecule is COc1cc(C=C2SC(=S)NC2=O)ccc1OCc1ccc(I)cc1. The molecule has 1 aliphatic heterocycles. The predicted molar refractivity (Wildman–Crippen MR) is 113 cm³/mol. The van der Waals surface area contributed by atoms with Crippen molar-refractivity contribution in [1.29, 1.82) is 0 Å². The summed E-state index contributed by atoms with van der Waals surface area (Å²) in [5.74, 6) is 1.10. The van der Waals surface area contributed by atoms with E-state index < -0.39 is 0 Å². The lowest BCUT2D eigenvalue weighted by atomic mass is 10.2. The van der Waals surface area contributed by atoms with Crippen molar-refractivity contribution in [2.45, 2.75) is 6.61 Å². The van der Waals surface area contributed by atoms with Gasteiger partial charge in [0.2, 0.25) is 0 Å². The fourth-order valence-electron chi connectivity index (χ4n) is 2.21. The first-order valence-corrected chi connectivity index (χ1v) is 9.65. The Labute approximate surface area is 169 Å². The third-order valence-corrected chi connectivity index (χ3v) is 5.32. The minimum absolute atomic E-state index is 0.173. The number of ether oxygens (including phenoxy) is 2. The molecule has 2 aromatic rings. The zero-order valence-electron chi connectivity index (χ0n) is 13.2. The second-order valence-electron chi connectivity index (χ2n) is 5.18. The Kier molecular flexibility index (Phi) is 5.98. The molecule has 128 valence electrons. The van der Waals surface area contributed by atoms with E-state index in [0.29, 0.717) is 27.3 Å². The lowest BCUT2D eigenvalue weighted by Crippen LogP contribution is -2.17. The van der Waals surface area contributed by atoms with Crippen molar-refractivity contribution in [3.8, 4) is 11.5 Å². The van der Waals surface area contributed by atoms with E-state index in [-0.39, 0.29) is 5.91 Å². The van der Waals surface area contributed by atoms with E-state index >= 15 is 0 Å². The fourth-order valence-corrected chi connectivity index (χ4v) is 3.61. The van der Waals surface area contributed by atoms with Crippen molar-refractivity contribution >= 4 is 62.9 Å². The summed E-state index contributed by atoms with van der Waals surface area (Å²) in [6.07, 6.45) is 1.78. The van der Waals surface area contributed by atoms with Gasteiger partial charge in [-0.3, -0.25) is 4.79 Å². The summed E-state index contributed by atoms with van der Waals surface area (Å²) in [6, 6.07) is 13.7. The molecule has 7 heteroatoms. The highest BCUT2D eigenvalue weighted by molar-refractivity contribution is 14.1. The molecule has 3 rings (SSSR count). The van der Waals surface area contributed by atoms with Gasteiger partial charge in [0, 0.05) is 3.57 Å². The average molecular weight is 483 g/mol. The largest absolute Gasteiger partial charge is 0.493 e. The van der Waals surface area contributed by atoms with Gasteiger partial charge in [-0.05, 0) is 64.1 Å². The molecule has 0 unspecified atom stereocenters. The Balaban J connectivity index is 1.75. The molecule has 0 spiro atoms. The number of rotatable bonds is 5. The normalized spacial score (nSPS) is 15.4. The van der Waals surface area contributed by atoms with Gasteiger partial charge in [-0.25, -0.2) is 0 Å². The fraction of sp³-hybridized carbons (Fsp3) is 0.111. The van der Waals surface area contributed by atoms with E-state index in [1.165, 1.54) is 15.3 Å². The first-order chi connectivity index (χ1) is 12.0. The van der Waals surface area contributed by atoms with E-state index in [1.54, 1.807) is 13.2 Å². The van der Waals surface area contributed by atoms with Crippen LogP contribution in [0.5, 0.6) is 11.5 Å². The second kappa shape index (κ2) is 8.20. The van der Waals surface area contributed by atoms with Crippen LogP contribution in [0.4, 0.5) is 0 Å². The van der Waals surface area contributed by atoms with Crippen LogP contribution in [0.3, 0.4) is 0 Å². The van der Waals surface area contributed by atoms with Crippen molar-refractivity contribution in [1.82, 2.24) is 5.32 Å². The van der Waals surface area contributed by atoms with Crippen LogP contribution in [0.15, 0.2) is 47.4 Å². The smallest absolute Gasteiger partial charge is 0.263 e. The standard InChI is InChI=1S/C18H14INO3S2/c1-22-15-8-12(9-16-17(21)20-18(24)25-16)4-7-14(15)23-10-11-2-5-13(19)6-3-11/h2-9H,10H2,1H3,(H,20,21,24). The van der Waals surface area contributed by atoms with Crippen molar-refractivity contribution < 1.29 is 14.3 Å². The number of hydrogen-bond donors (Lipinski definition) is 1. The van der Waals surface area contributed by atoms with Crippen LogP contribution in [0.1, 0.15) is 11.1 Å². The molecule has 0 aliphatic carbocycles. The van der Waals surface area contributed by atoms with Gasteiger partial charge in [0.15, 0.2) is 11.5 Å². The van der Waals surface area contributed by atoms with Crippen LogP contribution >= 0.6 is 46.6 Å². The highest BCUT2D eigenvalue weighted by atomic mass is 127. The Bertz CT molecular complexity index is 850. The average Bonchev–Trinajstić information content (AvgIpc) is 2.92. The number of amides is 1. The zero-order chi connectivity index (χ0) is 17.8. The summed E-state index contributed by atoms with van der Waals surface area (Å²) in [4.78, 5) is 12.3. The number of nitrogens with one attached hydrogen (secondary N) is 1.